The molecule has 0 amide bonds. The maximum absolute atomic E-state index is 6.37. The zero-order chi connectivity index (χ0) is 12.3. The van der Waals surface area contributed by atoms with Crippen LogP contribution in [0.5, 0.6) is 0 Å². The van der Waals surface area contributed by atoms with Crippen LogP contribution in [0.3, 0.4) is 0 Å². The fraction of sp³-hybridized carbons (Fsp3) is 0.692. The van der Waals surface area contributed by atoms with Crippen molar-refractivity contribution < 1.29 is 4.74 Å². The quantitative estimate of drug-likeness (QED) is 0.867. The molecule has 2 heterocycles. The maximum atomic E-state index is 6.37. The Morgan fingerprint density at radius 2 is 2.35 bits per heavy atom. The van der Waals surface area contributed by atoms with Crippen LogP contribution in [0.15, 0.2) is 6.07 Å². The number of aromatic nitrogens is 2. The predicted molar refractivity (Wildman–Crippen MR) is 66.6 cm³/mol. The summed E-state index contributed by atoms with van der Waals surface area (Å²) in [5.74, 6) is 0.414. The molecule has 0 saturated carbocycles. The first-order valence-corrected chi connectivity index (χ1v) is 6.38. The van der Waals surface area contributed by atoms with E-state index >= 15 is 0 Å². The lowest BCUT2D eigenvalue weighted by Crippen LogP contribution is -2.30. The molecule has 1 aromatic heterocycles. The van der Waals surface area contributed by atoms with E-state index in [-0.39, 0.29) is 6.04 Å². The van der Waals surface area contributed by atoms with Crippen molar-refractivity contribution in [3.8, 4) is 0 Å². The summed E-state index contributed by atoms with van der Waals surface area (Å²) in [6, 6.07) is 2.10. The first-order chi connectivity index (χ1) is 8.22. The molecule has 4 heteroatoms. The molecular weight excluding hydrogens is 214 g/mol. The molecule has 1 aliphatic rings. The number of ether oxygens (including phenoxy) is 1. The lowest BCUT2D eigenvalue weighted by Gasteiger charge is -2.28. The summed E-state index contributed by atoms with van der Waals surface area (Å²) >= 11 is 0. The molecule has 2 rings (SSSR count). The average molecular weight is 235 g/mol. The minimum Gasteiger partial charge on any atom is -0.381 e. The summed E-state index contributed by atoms with van der Waals surface area (Å²) in [5, 5.41) is 8.34. The summed E-state index contributed by atoms with van der Waals surface area (Å²) in [7, 11) is 0. The third-order valence-corrected chi connectivity index (χ3v) is 3.42. The van der Waals surface area contributed by atoms with Gasteiger partial charge in [0.2, 0.25) is 0 Å². The number of rotatable bonds is 3. The topological polar surface area (TPSA) is 61.0 Å². The van der Waals surface area contributed by atoms with Crippen molar-refractivity contribution in [2.75, 3.05) is 13.2 Å². The van der Waals surface area contributed by atoms with E-state index in [1.807, 2.05) is 6.92 Å². The highest BCUT2D eigenvalue weighted by Gasteiger charge is 2.24. The lowest BCUT2D eigenvalue weighted by molar-refractivity contribution is 0.0446. The van der Waals surface area contributed by atoms with E-state index in [4.69, 9.17) is 10.5 Å². The van der Waals surface area contributed by atoms with E-state index < -0.39 is 0 Å². The molecule has 0 aromatic carbocycles. The van der Waals surface area contributed by atoms with Gasteiger partial charge in [0.05, 0.1) is 18.0 Å². The zero-order valence-corrected chi connectivity index (χ0v) is 10.6. The molecule has 2 unspecified atom stereocenters. The van der Waals surface area contributed by atoms with Crippen molar-refractivity contribution in [1.29, 1.82) is 0 Å². The Morgan fingerprint density at radius 1 is 1.53 bits per heavy atom. The Labute approximate surface area is 103 Å². The van der Waals surface area contributed by atoms with Crippen LogP contribution in [-0.4, -0.2) is 23.4 Å². The molecule has 94 valence electrons. The predicted octanol–water partition coefficient (Wildman–Crippen LogP) is 1.77. The monoisotopic (exact) mass is 235 g/mol. The molecule has 4 nitrogen and oxygen atoms in total. The maximum Gasteiger partial charge on any atom is 0.0676 e. The van der Waals surface area contributed by atoms with Gasteiger partial charge < -0.3 is 10.5 Å². The van der Waals surface area contributed by atoms with E-state index in [9.17, 15) is 0 Å². The lowest BCUT2D eigenvalue weighted by atomic mass is 9.88. The minimum atomic E-state index is 0.0273. The van der Waals surface area contributed by atoms with Crippen LogP contribution in [0, 0.1) is 12.8 Å². The number of hydrogen-bond donors (Lipinski definition) is 1. The fourth-order valence-corrected chi connectivity index (χ4v) is 2.40. The van der Waals surface area contributed by atoms with Crippen molar-refractivity contribution in [3.05, 3.63) is 23.0 Å². The second kappa shape index (κ2) is 5.56. The molecule has 0 bridgehead atoms. The van der Waals surface area contributed by atoms with Crippen LogP contribution >= 0.6 is 0 Å². The molecule has 1 aliphatic heterocycles. The third-order valence-electron chi connectivity index (χ3n) is 3.42. The van der Waals surface area contributed by atoms with Crippen LogP contribution in [0.1, 0.15) is 42.8 Å². The molecule has 1 fully saturated rings. The van der Waals surface area contributed by atoms with E-state index in [0.717, 1.165) is 49.4 Å². The first-order valence-electron chi connectivity index (χ1n) is 6.38. The summed E-state index contributed by atoms with van der Waals surface area (Å²) in [6.07, 6.45) is 3.13. The third kappa shape index (κ3) is 2.82. The van der Waals surface area contributed by atoms with Gasteiger partial charge in [-0.15, -0.1) is 0 Å². The summed E-state index contributed by atoms with van der Waals surface area (Å²) < 4.78 is 5.51. The smallest absolute Gasteiger partial charge is 0.0676 e. The number of nitrogens with two attached hydrogens (primary N) is 1. The molecule has 0 spiro atoms. The van der Waals surface area contributed by atoms with Gasteiger partial charge in [0.25, 0.3) is 0 Å². The first kappa shape index (κ1) is 12.5. The molecule has 2 atom stereocenters. The Kier molecular flexibility index (Phi) is 4.07. The van der Waals surface area contributed by atoms with Crippen molar-refractivity contribution in [3.63, 3.8) is 0 Å². The molecule has 2 N–H and O–H groups in total. The number of nitrogens with zero attached hydrogens (tertiary/aromatic N) is 2. The highest BCUT2D eigenvalue weighted by atomic mass is 16.5. The normalized spacial score (nSPS) is 22.4. The summed E-state index contributed by atoms with van der Waals surface area (Å²) in [5.41, 5.74) is 9.47. The number of hydrogen-bond acceptors (Lipinski definition) is 4. The molecule has 0 radical (unpaired) electrons. The van der Waals surface area contributed by atoms with E-state index in [1.165, 1.54) is 0 Å². The van der Waals surface area contributed by atoms with Gasteiger partial charge in [0, 0.05) is 18.6 Å². The Balaban J connectivity index is 2.21. The van der Waals surface area contributed by atoms with Crippen molar-refractivity contribution in [2.24, 2.45) is 11.7 Å². The van der Waals surface area contributed by atoms with Gasteiger partial charge >= 0.3 is 0 Å². The highest BCUT2D eigenvalue weighted by Crippen LogP contribution is 2.28. The van der Waals surface area contributed by atoms with Gasteiger partial charge in [-0.05, 0) is 37.8 Å². The highest BCUT2D eigenvalue weighted by molar-refractivity contribution is 5.25. The van der Waals surface area contributed by atoms with E-state index in [0.29, 0.717) is 5.92 Å². The minimum absolute atomic E-state index is 0.0273. The molecule has 1 aromatic rings. The fourth-order valence-electron chi connectivity index (χ4n) is 2.40. The van der Waals surface area contributed by atoms with Crippen molar-refractivity contribution >= 4 is 0 Å². The molecule has 0 aliphatic carbocycles. The van der Waals surface area contributed by atoms with E-state index in [1.54, 1.807) is 0 Å². The van der Waals surface area contributed by atoms with Gasteiger partial charge in [-0.2, -0.15) is 10.2 Å². The second-order valence-electron chi connectivity index (χ2n) is 4.74. The van der Waals surface area contributed by atoms with Crippen LogP contribution in [0.25, 0.3) is 0 Å². The average Bonchev–Trinajstić information content (AvgIpc) is 2.39. The zero-order valence-electron chi connectivity index (χ0n) is 10.6. The van der Waals surface area contributed by atoms with Crippen LogP contribution in [0.4, 0.5) is 0 Å². The van der Waals surface area contributed by atoms with Gasteiger partial charge in [-0.25, -0.2) is 0 Å². The van der Waals surface area contributed by atoms with Crippen molar-refractivity contribution in [1.82, 2.24) is 10.2 Å². The van der Waals surface area contributed by atoms with Gasteiger partial charge in [-0.1, -0.05) is 6.92 Å². The Hall–Kier alpha value is -1.00. The largest absolute Gasteiger partial charge is 0.381 e. The summed E-state index contributed by atoms with van der Waals surface area (Å²) in [4.78, 5) is 0. The van der Waals surface area contributed by atoms with Crippen LogP contribution in [0.2, 0.25) is 0 Å². The second-order valence-corrected chi connectivity index (χ2v) is 4.74. The molecule has 1 saturated heterocycles. The van der Waals surface area contributed by atoms with Crippen LogP contribution < -0.4 is 5.73 Å². The van der Waals surface area contributed by atoms with Crippen LogP contribution in [-0.2, 0) is 11.2 Å². The SMILES string of the molecule is CCc1nnc(C)cc1C(N)C1CCCOC1. The molecular formula is C13H21N3O. The number of aryl methyl sites for hydroxylation is 2. The summed E-state index contributed by atoms with van der Waals surface area (Å²) in [6.45, 7) is 5.69. The van der Waals surface area contributed by atoms with E-state index in [2.05, 4.69) is 23.2 Å². The van der Waals surface area contributed by atoms with Crippen molar-refractivity contribution in [2.45, 2.75) is 39.2 Å². The van der Waals surface area contributed by atoms with Gasteiger partial charge in [0.15, 0.2) is 0 Å². The van der Waals surface area contributed by atoms with Gasteiger partial charge in [-0.3, -0.25) is 0 Å². The van der Waals surface area contributed by atoms with Gasteiger partial charge in [0.1, 0.15) is 0 Å². The Bertz CT molecular complexity index is 375. The standard InChI is InChI=1S/C13H21N3O/c1-3-12-11(7-9(2)15-16-12)13(14)10-5-4-6-17-8-10/h7,10,13H,3-6,8,14H2,1-2H3. The Morgan fingerprint density at radius 3 is 3.00 bits per heavy atom. The molecule has 17 heavy (non-hydrogen) atoms.